The van der Waals surface area contributed by atoms with Crippen molar-refractivity contribution in [1.29, 1.82) is 0 Å². The Hall–Kier alpha value is -2.70. The Kier molecular flexibility index (Phi) is 3.56. The molecule has 19 heavy (non-hydrogen) atoms. The van der Waals surface area contributed by atoms with Gasteiger partial charge in [-0.15, -0.1) is 0 Å². The average molecular weight is 263 g/mol. The standard InChI is InChI=1S/C12H10N2O5/c1-2-18-12(17)10(15)9-11(16)19-13-14(9)8-6-4-3-5-7-8/h3-7H,2H2,1H3/p+1. The zero-order valence-electron chi connectivity index (χ0n) is 10.1. The molecule has 7 heteroatoms. The molecular weight excluding hydrogens is 252 g/mol. The first-order valence-corrected chi connectivity index (χ1v) is 5.55. The summed E-state index contributed by atoms with van der Waals surface area (Å²) in [5.41, 5.74) is -0.868. The first-order valence-electron chi connectivity index (χ1n) is 5.55. The maximum absolute atomic E-state index is 11.8. The van der Waals surface area contributed by atoms with Gasteiger partial charge in [-0.2, -0.15) is 0 Å². The second kappa shape index (κ2) is 5.30. The van der Waals surface area contributed by atoms with Gasteiger partial charge in [0.15, 0.2) is 0 Å². The van der Waals surface area contributed by atoms with Crippen LogP contribution in [0.2, 0.25) is 0 Å². The van der Waals surface area contributed by atoms with Crippen molar-refractivity contribution >= 4 is 11.8 Å². The summed E-state index contributed by atoms with van der Waals surface area (Å²) in [5.74, 6) is -2.15. The van der Waals surface area contributed by atoms with Gasteiger partial charge in [0, 0.05) is 12.1 Å². The van der Waals surface area contributed by atoms with E-state index in [1.807, 2.05) is 0 Å². The molecule has 0 bridgehead atoms. The number of nitrogens with one attached hydrogen (secondary N) is 1. The van der Waals surface area contributed by atoms with Crippen LogP contribution < -0.4 is 10.3 Å². The van der Waals surface area contributed by atoms with Crippen LogP contribution in [0.4, 0.5) is 0 Å². The van der Waals surface area contributed by atoms with E-state index in [-0.39, 0.29) is 6.61 Å². The van der Waals surface area contributed by atoms with Crippen molar-refractivity contribution in [2.45, 2.75) is 6.92 Å². The summed E-state index contributed by atoms with van der Waals surface area (Å²) < 4.78 is 10.2. The predicted octanol–water partition coefficient (Wildman–Crippen LogP) is -0.00960. The molecule has 0 atom stereocenters. The van der Waals surface area contributed by atoms with Crippen LogP contribution in [0.25, 0.3) is 5.69 Å². The third kappa shape index (κ3) is 2.44. The predicted molar refractivity (Wildman–Crippen MR) is 61.8 cm³/mol. The largest absolute Gasteiger partial charge is 0.460 e. The van der Waals surface area contributed by atoms with E-state index in [9.17, 15) is 14.4 Å². The number of carbonyl (C=O) groups is 2. The molecule has 1 N–H and O–H groups in total. The highest BCUT2D eigenvalue weighted by molar-refractivity contribution is 6.39. The molecule has 98 valence electrons. The van der Waals surface area contributed by atoms with Crippen molar-refractivity contribution in [3.63, 3.8) is 0 Å². The highest BCUT2D eigenvalue weighted by Gasteiger charge is 2.36. The minimum atomic E-state index is -1.10. The minimum absolute atomic E-state index is 0.0473. The molecule has 0 aliphatic rings. The molecule has 2 aromatic rings. The summed E-state index contributed by atoms with van der Waals surface area (Å²) in [4.78, 5) is 34.7. The average Bonchev–Trinajstić information content (AvgIpc) is 2.81. The summed E-state index contributed by atoms with van der Waals surface area (Å²) in [5, 5.41) is 2.27. The topological polar surface area (TPSA) is 93.2 Å². The van der Waals surface area contributed by atoms with Crippen molar-refractivity contribution in [2.24, 2.45) is 0 Å². The van der Waals surface area contributed by atoms with Crippen molar-refractivity contribution in [3.05, 3.63) is 46.4 Å². The minimum Gasteiger partial charge on any atom is -0.460 e. The van der Waals surface area contributed by atoms with Gasteiger partial charge in [-0.25, -0.2) is 9.59 Å². The van der Waals surface area contributed by atoms with Crippen molar-refractivity contribution in [2.75, 3.05) is 6.61 Å². The first-order chi connectivity index (χ1) is 9.15. The lowest BCUT2D eigenvalue weighted by Crippen LogP contribution is -2.43. The van der Waals surface area contributed by atoms with Gasteiger partial charge in [0.25, 0.3) is 0 Å². The van der Waals surface area contributed by atoms with Crippen molar-refractivity contribution < 1.29 is 23.5 Å². The highest BCUT2D eigenvalue weighted by atomic mass is 16.5. The molecule has 0 aliphatic heterocycles. The number of hydrogen-bond donors (Lipinski definition) is 1. The van der Waals surface area contributed by atoms with Gasteiger partial charge in [-0.1, -0.05) is 18.2 Å². The van der Waals surface area contributed by atoms with Crippen LogP contribution in [0, 0.1) is 0 Å². The number of para-hydroxylation sites is 1. The van der Waals surface area contributed by atoms with E-state index < -0.39 is 23.1 Å². The summed E-state index contributed by atoms with van der Waals surface area (Å²) in [6.07, 6.45) is 0. The maximum Gasteiger partial charge on any atom is 0.439 e. The molecule has 2 rings (SSSR count). The second-order valence-electron chi connectivity index (χ2n) is 3.55. The number of Topliss-reactive ketones (excluding diaryl/α,β-unsaturated/α-hetero) is 1. The SMILES string of the molecule is CCOC(=O)C(=O)c1c(=O)o[nH][n+]1-c1ccccc1. The fourth-order valence-electron chi connectivity index (χ4n) is 1.52. The Morgan fingerprint density at radius 2 is 2.00 bits per heavy atom. The molecule has 0 aliphatic carbocycles. The molecule has 7 nitrogen and oxygen atoms in total. The zero-order valence-corrected chi connectivity index (χ0v) is 10.1. The Balaban J connectivity index is 2.47. The van der Waals surface area contributed by atoms with Crippen LogP contribution in [0.3, 0.4) is 0 Å². The molecule has 0 spiro atoms. The Labute approximate surface area is 107 Å². The van der Waals surface area contributed by atoms with E-state index in [1.54, 1.807) is 37.3 Å². The normalized spacial score (nSPS) is 10.2. The molecule has 0 unspecified atom stereocenters. The highest BCUT2D eigenvalue weighted by Crippen LogP contribution is 1.99. The fraction of sp³-hybridized carbons (Fsp3) is 0.167. The Morgan fingerprint density at radius 1 is 1.32 bits per heavy atom. The molecule has 1 aromatic heterocycles. The fourth-order valence-corrected chi connectivity index (χ4v) is 1.52. The number of nitrogens with zero attached hydrogens (tertiary/aromatic N) is 1. The van der Waals surface area contributed by atoms with Gasteiger partial charge < -0.3 is 4.74 Å². The van der Waals surface area contributed by atoms with Crippen LogP contribution in [-0.2, 0) is 9.53 Å². The number of ketones is 1. The van der Waals surface area contributed by atoms with Crippen molar-refractivity contribution in [3.8, 4) is 5.69 Å². The zero-order chi connectivity index (χ0) is 13.8. The molecule has 0 amide bonds. The van der Waals surface area contributed by atoms with Crippen molar-refractivity contribution in [1.82, 2.24) is 5.27 Å². The summed E-state index contributed by atoms with van der Waals surface area (Å²) >= 11 is 0. The Bertz CT molecular complexity index is 656. The number of aromatic nitrogens is 2. The lowest BCUT2D eigenvalue weighted by molar-refractivity contribution is -0.672. The number of benzene rings is 1. The maximum atomic E-state index is 11.8. The number of ether oxygens (including phenoxy) is 1. The molecule has 1 heterocycles. The first kappa shape index (κ1) is 12.7. The van der Waals surface area contributed by atoms with Gasteiger partial charge in [0.05, 0.1) is 6.61 Å². The summed E-state index contributed by atoms with van der Waals surface area (Å²) in [6, 6.07) is 8.49. The molecular formula is C12H11N2O5+. The van der Waals surface area contributed by atoms with E-state index in [2.05, 4.69) is 14.5 Å². The lowest BCUT2D eigenvalue weighted by atomic mass is 10.2. The van der Waals surface area contributed by atoms with E-state index in [4.69, 9.17) is 0 Å². The number of esters is 1. The number of H-pyrrole nitrogens is 1. The lowest BCUT2D eigenvalue weighted by Gasteiger charge is -1.96. The monoisotopic (exact) mass is 263 g/mol. The summed E-state index contributed by atoms with van der Waals surface area (Å²) in [6.45, 7) is 1.61. The molecule has 1 aromatic carbocycles. The van der Waals surface area contributed by atoms with Crippen LogP contribution in [0.5, 0.6) is 0 Å². The second-order valence-corrected chi connectivity index (χ2v) is 3.55. The molecule has 0 saturated carbocycles. The smallest absolute Gasteiger partial charge is 0.439 e. The van der Waals surface area contributed by atoms with Crippen LogP contribution in [0.1, 0.15) is 17.4 Å². The van der Waals surface area contributed by atoms with E-state index in [0.717, 1.165) is 4.68 Å². The number of carbonyl (C=O) groups excluding carboxylic acids is 2. The quantitative estimate of drug-likeness (QED) is 0.362. The summed E-state index contributed by atoms with van der Waals surface area (Å²) in [7, 11) is 0. The van der Waals surface area contributed by atoms with Gasteiger partial charge in [0.2, 0.25) is 5.69 Å². The van der Waals surface area contributed by atoms with Gasteiger partial charge >= 0.3 is 23.1 Å². The van der Waals surface area contributed by atoms with E-state index in [0.29, 0.717) is 5.69 Å². The third-order valence-electron chi connectivity index (χ3n) is 2.34. The van der Waals surface area contributed by atoms with Gasteiger partial charge in [-0.05, 0) is 16.9 Å². The Morgan fingerprint density at radius 3 is 2.63 bits per heavy atom. The number of hydrogen-bond acceptors (Lipinski definition) is 5. The molecule has 0 radical (unpaired) electrons. The molecule has 0 fully saturated rings. The number of rotatable bonds is 4. The van der Waals surface area contributed by atoms with Gasteiger partial charge in [0.1, 0.15) is 0 Å². The molecule has 0 saturated heterocycles. The van der Waals surface area contributed by atoms with Gasteiger partial charge in [-0.3, -0.25) is 9.32 Å². The van der Waals surface area contributed by atoms with E-state index in [1.165, 1.54) is 0 Å². The number of aromatic amines is 1. The third-order valence-corrected chi connectivity index (χ3v) is 2.34. The van der Waals surface area contributed by atoms with Crippen LogP contribution >= 0.6 is 0 Å². The van der Waals surface area contributed by atoms with Crippen LogP contribution in [0.15, 0.2) is 39.6 Å². The van der Waals surface area contributed by atoms with Crippen LogP contribution in [-0.4, -0.2) is 23.6 Å². The van der Waals surface area contributed by atoms with E-state index >= 15 is 0 Å².